The average molecular weight is 406 g/mol. The predicted octanol–water partition coefficient (Wildman–Crippen LogP) is 5.84. The van der Waals surface area contributed by atoms with E-state index >= 15 is 0 Å². The highest BCUT2D eigenvalue weighted by atomic mass is 35.5. The van der Waals surface area contributed by atoms with Crippen molar-refractivity contribution in [2.75, 3.05) is 14.2 Å². The van der Waals surface area contributed by atoms with Gasteiger partial charge in [0.15, 0.2) is 5.43 Å². The second kappa shape index (κ2) is 7.64. The van der Waals surface area contributed by atoms with Crippen LogP contribution in [0.15, 0.2) is 65.5 Å². The number of hydrogen-bond donors (Lipinski definition) is 1. The van der Waals surface area contributed by atoms with Crippen molar-refractivity contribution in [2.24, 2.45) is 0 Å². The number of aromatic amines is 1. The fourth-order valence-corrected chi connectivity index (χ4v) is 3.77. The Morgan fingerprint density at radius 3 is 2.00 bits per heavy atom. The first-order valence-corrected chi connectivity index (χ1v) is 9.54. The van der Waals surface area contributed by atoms with Gasteiger partial charge in [0.25, 0.3) is 0 Å². The van der Waals surface area contributed by atoms with E-state index in [-0.39, 0.29) is 5.43 Å². The molecule has 4 aromatic rings. The molecule has 3 aromatic carbocycles. The summed E-state index contributed by atoms with van der Waals surface area (Å²) < 4.78 is 10.5. The maximum Gasteiger partial charge on any atom is 0.197 e. The molecule has 0 radical (unpaired) electrons. The summed E-state index contributed by atoms with van der Waals surface area (Å²) in [4.78, 5) is 16.5. The number of nitrogens with one attached hydrogen (secondary N) is 1. The quantitative estimate of drug-likeness (QED) is 0.464. The number of aromatic nitrogens is 1. The number of H-pyrrole nitrogens is 1. The highest BCUT2D eigenvalue weighted by molar-refractivity contribution is 6.32. The van der Waals surface area contributed by atoms with Crippen LogP contribution in [-0.4, -0.2) is 19.2 Å². The van der Waals surface area contributed by atoms with Gasteiger partial charge >= 0.3 is 0 Å². The minimum Gasteiger partial charge on any atom is -0.497 e. The van der Waals surface area contributed by atoms with Crippen LogP contribution >= 0.6 is 11.6 Å². The largest absolute Gasteiger partial charge is 0.497 e. The van der Waals surface area contributed by atoms with Crippen LogP contribution in [0.2, 0.25) is 5.02 Å². The highest BCUT2D eigenvalue weighted by Gasteiger charge is 2.14. The first-order chi connectivity index (χ1) is 14.0. The van der Waals surface area contributed by atoms with Gasteiger partial charge in [-0.05, 0) is 41.8 Å². The number of ether oxygens (including phenoxy) is 2. The van der Waals surface area contributed by atoms with Crippen molar-refractivity contribution in [3.63, 3.8) is 0 Å². The molecule has 29 heavy (non-hydrogen) atoms. The zero-order chi connectivity index (χ0) is 20.5. The van der Waals surface area contributed by atoms with Gasteiger partial charge in [-0.15, -0.1) is 0 Å². The fourth-order valence-electron chi connectivity index (χ4n) is 3.53. The number of aryl methyl sites for hydroxylation is 1. The molecule has 0 unspecified atom stereocenters. The molecule has 0 saturated carbocycles. The van der Waals surface area contributed by atoms with Crippen LogP contribution in [0.25, 0.3) is 33.2 Å². The molecule has 0 saturated heterocycles. The zero-order valence-electron chi connectivity index (χ0n) is 16.4. The predicted molar refractivity (Wildman–Crippen MR) is 118 cm³/mol. The lowest BCUT2D eigenvalue weighted by atomic mass is 9.98. The van der Waals surface area contributed by atoms with E-state index in [0.29, 0.717) is 27.2 Å². The standard InChI is InChI=1S/C24H20ClNO3/c1-14-23(24(27)19-12-20(25)22(29-3)13-21(19)26-14)17-6-4-15(5-7-17)16-8-10-18(28-2)11-9-16/h4-13H,1-3H3,(H,26,27). The number of hydrogen-bond acceptors (Lipinski definition) is 3. The number of halogens is 1. The summed E-state index contributed by atoms with van der Waals surface area (Å²) >= 11 is 6.24. The zero-order valence-corrected chi connectivity index (χ0v) is 17.1. The molecule has 0 fully saturated rings. The number of rotatable bonds is 4. The van der Waals surface area contributed by atoms with Gasteiger partial charge in [0.05, 0.1) is 24.8 Å². The van der Waals surface area contributed by atoms with E-state index in [9.17, 15) is 4.79 Å². The molecule has 5 heteroatoms. The Hall–Kier alpha value is -3.24. The van der Waals surface area contributed by atoms with Crippen molar-refractivity contribution in [1.82, 2.24) is 4.98 Å². The first-order valence-electron chi connectivity index (χ1n) is 9.17. The highest BCUT2D eigenvalue weighted by Crippen LogP contribution is 2.31. The average Bonchev–Trinajstić information content (AvgIpc) is 2.74. The Balaban J connectivity index is 1.78. The summed E-state index contributed by atoms with van der Waals surface area (Å²) in [5.74, 6) is 1.35. The fraction of sp³-hybridized carbons (Fsp3) is 0.125. The van der Waals surface area contributed by atoms with Crippen molar-refractivity contribution >= 4 is 22.5 Å². The Bertz CT molecular complexity index is 1240. The molecular formula is C24H20ClNO3. The number of fused-ring (bicyclic) bond motifs is 1. The van der Waals surface area contributed by atoms with Crippen LogP contribution in [0.5, 0.6) is 11.5 Å². The van der Waals surface area contributed by atoms with Crippen molar-refractivity contribution in [1.29, 1.82) is 0 Å². The van der Waals surface area contributed by atoms with Crippen molar-refractivity contribution in [3.8, 4) is 33.8 Å². The maximum absolute atomic E-state index is 13.2. The van der Waals surface area contributed by atoms with Crippen LogP contribution in [0, 0.1) is 6.92 Å². The molecule has 0 spiro atoms. The molecule has 1 N–H and O–H groups in total. The molecule has 146 valence electrons. The lowest BCUT2D eigenvalue weighted by molar-refractivity contribution is 0.415. The van der Waals surface area contributed by atoms with Gasteiger partial charge in [-0.3, -0.25) is 4.79 Å². The molecule has 0 bridgehead atoms. The van der Waals surface area contributed by atoms with Crippen molar-refractivity contribution in [2.45, 2.75) is 6.92 Å². The van der Waals surface area contributed by atoms with Gasteiger partial charge < -0.3 is 14.5 Å². The molecule has 1 heterocycles. The third-order valence-electron chi connectivity index (χ3n) is 5.06. The van der Waals surface area contributed by atoms with Gasteiger partial charge in [0, 0.05) is 22.7 Å². The van der Waals surface area contributed by atoms with E-state index in [1.807, 2.05) is 55.5 Å². The van der Waals surface area contributed by atoms with Crippen LogP contribution < -0.4 is 14.9 Å². The van der Waals surface area contributed by atoms with Crippen LogP contribution in [0.3, 0.4) is 0 Å². The van der Waals surface area contributed by atoms with Crippen LogP contribution in [0.4, 0.5) is 0 Å². The maximum atomic E-state index is 13.2. The molecule has 1 aromatic heterocycles. The summed E-state index contributed by atoms with van der Waals surface area (Å²) in [6.45, 7) is 1.90. The molecule has 0 aliphatic rings. The Labute approximate surface area is 173 Å². The topological polar surface area (TPSA) is 51.3 Å². The lowest BCUT2D eigenvalue weighted by Gasteiger charge is -2.11. The molecule has 0 atom stereocenters. The van der Waals surface area contributed by atoms with Crippen molar-refractivity contribution in [3.05, 3.63) is 81.6 Å². The van der Waals surface area contributed by atoms with E-state index < -0.39 is 0 Å². The van der Waals surface area contributed by atoms with Gasteiger partial charge in [-0.1, -0.05) is 48.0 Å². The summed E-state index contributed by atoms with van der Waals surface area (Å²) in [7, 11) is 3.20. The normalized spacial score (nSPS) is 10.9. The van der Waals surface area contributed by atoms with Gasteiger partial charge in [0.1, 0.15) is 11.5 Å². The Morgan fingerprint density at radius 2 is 1.41 bits per heavy atom. The van der Waals surface area contributed by atoms with Crippen LogP contribution in [0.1, 0.15) is 5.69 Å². The monoisotopic (exact) mass is 405 g/mol. The number of benzene rings is 3. The van der Waals surface area contributed by atoms with E-state index in [4.69, 9.17) is 21.1 Å². The molecular weight excluding hydrogens is 386 g/mol. The lowest BCUT2D eigenvalue weighted by Crippen LogP contribution is -2.10. The minimum absolute atomic E-state index is 0.0574. The van der Waals surface area contributed by atoms with Gasteiger partial charge in [0.2, 0.25) is 0 Å². The van der Waals surface area contributed by atoms with Gasteiger partial charge in [-0.25, -0.2) is 0 Å². The second-order valence-corrected chi connectivity index (χ2v) is 7.20. The van der Waals surface area contributed by atoms with E-state index in [1.165, 1.54) is 0 Å². The smallest absolute Gasteiger partial charge is 0.197 e. The third kappa shape index (κ3) is 3.47. The van der Waals surface area contributed by atoms with Crippen molar-refractivity contribution < 1.29 is 9.47 Å². The molecule has 0 amide bonds. The molecule has 4 rings (SSSR count). The van der Waals surface area contributed by atoms with E-state index in [0.717, 1.165) is 28.1 Å². The first kappa shape index (κ1) is 19.1. The summed E-state index contributed by atoms with van der Waals surface area (Å²) in [6.07, 6.45) is 0. The third-order valence-corrected chi connectivity index (χ3v) is 5.35. The summed E-state index contributed by atoms with van der Waals surface area (Å²) in [5, 5.41) is 0.950. The van der Waals surface area contributed by atoms with E-state index in [2.05, 4.69) is 4.98 Å². The second-order valence-electron chi connectivity index (χ2n) is 6.79. The summed E-state index contributed by atoms with van der Waals surface area (Å²) in [5.41, 5.74) is 5.09. The Morgan fingerprint density at radius 1 is 0.828 bits per heavy atom. The number of pyridine rings is 1. The minimum atomic E-state index is -0.0574. The molecule has 4 nitrogen and oxygen atoms in total. The SMILES string of the molecule is COc1ccc(-c2ccc(-c3c(C)[nH]c4cc(OC)c(Cl)cc4c3=O)cc2)cc1. The number of methoxy groups -OCH3 is 2. The van der Waals surface area contributed by atoms with Crippen LogP contribution in [-0.2, 0) is 0 Å². The molecule has 0 aliphatic carbocycles. The Kier molecular flexibility index (Phi) is 5.03. The van der Waals surface area contributed by atoms with E-state index in [1.54, 1.807) is 26.4 Å². The molecule has 0 aliphatic heterocycles. The summed E-state index contributed by atoms with van der Waals surface area (Å²) in [6, 6.07) is 19.3. The van der Waals surface area contributed by atoms with Gasteiger partial charge in [-0.2, -0.15) is 0 Å².